The monoisotopic (exact) mass is 415 g/mol. The highest BCUT2D eigenvalue weighted by atomic mass is 32.1. The van der Waals surface area contributed by atoms with Crippen LogP contribution < -0.4 is 4.80 Å². The summed E-state index contributed by atoms with van der Waals surface area (Å²) >= 11 is 3.29. The molecule has 0 radical (unpaired) electrons. The molecule has 0 unspecified atom stereocenters. The molecule has 3 aromatic heterocycles. The van der Waals surface area contributed by atoms with Gasteiger partial charge in [-0.15, -0.1) is 16.4 Å². The molecule has 29 heavy (non-hydrogen) atoms. The number of thiazole rings is 1. The van der Waals surface area contributed by atoms with Gasteiger partial charge in [0.1, 0.15) is 5.69 Å². The lowest BCUT2D eigenvalue weighted by Crippen LogP contribution is -2.08. The fourth-order valence-electron chi connectivity index (χ4n) is 3.12. The fraction of sp³-hybridized carbons (Fsp3) is 0.0455. The lowest BCUT2D eigenvalue weighted by Gasteiger charge is -1.98. The summed E-state index contributed by atoms with van der Waals surface area (Å²) in [5, 5.41) is 15.7. The van der Waals surface area contributed by atoms with E-state index < -0.39 is 0 Å². The number of hydrogen-bond acceptors (Lipinski definition) is 5. The van der Waals surface area contributed by atoms with Crippen LogP contribution in [0.2, 0.25) is 0 Å². The molecule has 0 bridgehead atoms. The maximum atomic E-state index is 4.79. The van der Waals surface area contributed by atoms with Gasteiger partial charge in [0.15, 0.2) is 0 Å². The quantitative estimate of drug-likeness (QED) is 0.298. The minimum atomic E-state index is 0.857. The summed E-state index contributed by atoms with van der Waals surface area (Å²) in [6, 6.07) is 22.5. The Labute approximate surface area is 175 Å². The summed E-state index contributed by atoms with van der Waals surface area (Å²) in [5.74, 6) is 0. The maximum Gasteiger partial charge on any atom is 0.211 e. The number of thiophene rings is 1. The standard InChI is InChI=1S/C22H17N5S2/c1-26-18-10-5-6-11-19(18)29-22(26)24-23-14-16-15-27(17-8-3-2-4-9-17)25-21(16)20-12-7-13-28-20/h2-15H,1H3/b23-14-,24-22+. The Morgan fingerprint density at radius 3 is 2.59 bits per heavy atom. The Kier molecular flexibility index (Phi) is 4.67. The zero-order valence-electron chi connectivity index (χ0n) is 15.6. The van der Waals surface area contributed by atoms with Crippen LogP contribution in [0.5, 0.6) is 0 Å². The van der Waals surface area contributed by atoms with E-state index in [1.165, 1.54) is 4.70 Å². The van der Waals surface area contributed by atoms with Crippen LogP contribution in [0.25, 0.3) is 26.5 Å². The maximum absolute atomic E-state index is 4.79. The van der Waals surface area contributed by atoms with Gasteiger partial charge in [-0.25, -0.2) is 4.68 Å². The number of fused-ring (bicyclic) bond motifs is 1. The van der Waals surface area contributed by atoms with Gasteiger partial charge in [-0.1, -0.05) is 47.7 Å². The molecular formula is C22H17N5S2. The van der Waals surface area contributed by atoms with Gasteiger partial charge in [-0.05, 0) is 35.7 Å². The van der Waals surface area contributed by atoms with E-state index in [1.807, 2.05) is 66.5 Å². The first-order valence-corrected chi connectivity index (χ1v) is 10.8. The van der Waals surface area contributed by atoms with Crippen LogP contribution in [-0.2, 0) is 7.05 Å². The molecular weight excluding hydrogens is 398 g/mol. The first kappa shape index (κ1) is 17.8. The average molecular weight is 416 g/mol. The second-order valence-corrected chi connectivity index (χ2v) is 8.40. The molecule has 5 rings (SSSR count). The van der Waals surface area contributed by atoms with Crippen LogP contribution in [0.1, 0.15) is 5.56 Å². The minimum Gasteiger partial charge on any atom is -0.318 e. The number of hydrogen-bond donors (Lipinski definition) is 0. The average Bonchev–Trinajstić information content (AvgIpc) is 3.49. The molecule has 0 saturated heterocycles. The number of rotatable bonds is 4. The lowest BCUT2D eigenvalue weighted by molar-refractivity contribution is 0.885. The van der Waals surface area contributed by atoms with Crippen LogP contribution >= 0.6 is 22.7 Å². The van der Waals surface area contributed by atoms with Crippen molar-refractivity contribution in [1.29, 1.82) is 0 Å². The van der Waals surface area contributed by atoms with Crippen molar-refractivity contribution in [1.82, 2.24) is 14.3 Å². The van der Waals surface area contributed by atoms with Crippen LogP contribution in [0.15, 0.2) is 88.5 Å². The van der Waals surface area contributed by atoms with Crippen LogP contribution in [0.4, 0.5) is 0 Å². The number of nitrogens with zero attached hydrogens (tertiary/aromatic N) is 5. The first-order chi connectivity index (χ1) is 14.3. The Hall–Kier alpha value is -3.29. The van der Waals surface area contributed by atoms with E-state index >= 15 is 0 Å². The van der Waals surface area contributed by atoms with Gasteiger partial charge in [-0.3, -0.25) is 0 Å². The largest absolute Gasteiger partial charge is 0.318 e. The summed E-state index contributed by atoms with van der Waals surface area (Å²) in [4.78, 5) is 1.96. The number of aryl methyl sites for hydroxylation is 1. The van der Waals surface area contributed by atoms with E-state index in [2.05, 4.69) is 38.3 Å². The molecule has 0 aliphatic rings. The summed E-state index contributed by atoms with van der Waals surface area (Å²) < 4.78 is 5.14. The van der Waals surface area contributed by atoms with E-state index in [4.69, 9.17) is 5.10 Å². The van der Waals surface area contributed by atoms with Crippen molar-refractivity contribution in [3.05, 3.63) is 88.7 Å². The van der Waals surface area contributed by atoms with Gasteiger partial charge >= 0.3 is 0 Å². The van der Waals surface area contributed by atoms with E-state index in [0.717, 1.165) is 32.1 Å². The molecule has 0 aliphatic carbocycles. The number of benzene rings is 2. The third kappa shape index (κ3) is 3.46. The molecule has 0 fully saturated rings. The number of aromatic nitrogens is 3. The topological polar surface area (TPSA) is 47.5 Å². The summed E-state index contributed by atoms with van der Waals surface area (Å²) in [6.45, 7) is 0. The van der Waals surface area contributed by atoms with Crippen molar-refractivity contribution in [2.75, 3.05) is 0 Å². The molecule has 142 valence electrons. The molecule has 0 saturated carbocycles. The van der Waals surface area contributed by atoms with Crippen molar-refractivity contribution in [2.45, 2.75) is 0 Å². The highest BCUT2D eigenvalue weighted by Crippen LogP contribution is 2.27. The highest BCUT2D eigenvalue weighted by molar-refractivity contribution is 7.16. The summed E-state index contributed by atoms with van der Waals surface area (Å²) in [5.41, 5.74) is 4.01. The third-order valence-electron chi connectivity index (χ3n) is 4.57. The Morgan fingerprint density at radius 2 is 1.79 bits per heavy atom. The SMILES string of the molecule is Cn1/c(=N\N=C/c2cn(-c3ccccc3)nc2-c2cccs2)sc2ccccc21. The molecule has 2 aromatic carbocycles. The van der Waals surface area contributed by atoms with E-state index in [-0.39, 0.29) is 0 Å². The van der Waals surface area contributed by atoms with E-state index in [0.29, 0.717) is 0 Å². The van der Waals surface area contributed by atoms with Gasteiger partial charge in [0.25, 0.3) is 0 Å². The van der Waals surface area contributed by atoms with Gasteiger partial charge in [0, 0.05) is 18.8 Å². The van der Waals surface area contributed by atoms with Crippen LogP contribution in [-0.4, -0.2) is 20.6 Å². The minimum absolute atomic E-state index is 0.857. The smallest absolute Gasteiger partial charge is 0.211 e. The second-order valence-electron chi connectivity index (χ2n) is 6.45. The molecule has 7 heteroatoms. The zero-order valence-corrected chi connectivity index (χ0v) is 17.3. The highest BCUT2D eigenvalue weighted by Gasteiger charge is 2.11. The predicted octanol–water partition coefficient (Wildman–Crippen LogP) is 5.09. The first-order valence-electron chi connectivity index (χ1n) is 9.10. The third-order valence-corrected chi connectivity index (χ3v) is 6.55. The second kappa shape index (κ2) is 7.62. The van der Waals surface area contributed by atoms with Gasteiger partial charge in [0.05, 0.1) is 27.0 Å². The van der Waals surface area contributed by atoms with Gasteiger partial charge in [-0.2, -0.15) is 10.2 Å². The summed E-state index contributed by atoms with van der Waals surface area (Å²) in [7, 11) is 2.01. The van der Waals surface area contributed by atoms with Crippen molar-refractivity contribution in [2.24, 2.45) is 17.3 Å². The van der Waals surface area contributed by atoms with Crippen molar-refractivity contribution in [3.8, 4) is 16.3 Å². The zero-order chi connectivity index (χ0) is 19.6. The number of para-hydroxylation sites is 2. The molecule has 5 nitrogen and oxygen atoms in total. The van der Waals surface area contributed by atoms with Gasteiger partial charge in [0.2, 0.25) is 4.80 Å². The molecule has 0 amide bonds. The van der Waals surface area contributed by atoms with Crippen molar-refractivity contribution in [3.63, 3.8) is 0 Å². The van der Waals surface area contributed by atoms with E-state index in [1.54, 1.807) is 28.9 Å². The molecule has 0 spiro atoms. The van der Waals surface area contributed by atoms with E-state index in [9.17, 15) is 0 Å². The predicted molar refractivity (Wildman–Crippen MR) is 121 cm³/mol. The molecule has 0 aliphatic heterocycles. The van der Waals surface area contributed by atoms with Crippen molar-refractivity contribution < 1.29 is 0 Å². The Balaban J connectivity index is 1.56. The van der Waals surface area contributed by atoms with Gasteiger partial charge < -0.3 is 4.57 Å². The molecule has 5 aromatic rings. The Bertz CT molecular complexity index is 1360. The van der Waals surface area contributed by atoms with Crippen LogP contribution in [0, 0.1) is 0 Å². The normalized spacial score (nSPS) is 12.4. The molecule has 0 atom stereocenters. The molecule has 3 heterocycles. The van der Waals surface area contributed by atoms with Crippen molar-refractivity contribution >= 4 is 39.1 Å². The fourth-order valence-corrected chi connectivity index (χ4v) is 4.83. The Morgan fingerprint density at radius 1 is 0.966 bits per heavy atom. The van der Waals surface area contributed by atoms with Crippen LogP contribution in [0.3, 0.4) is 0 Å². The lowest BCUT2D eigenvalue weighted by atomic mass is 10.2. The molecule has 0 N–H and O–H groups in total. The summed E-state index contributed by atoms with van der Waals surface area (Å²) in [6.07, 6.45) is 3.78.